The van der Waals surface area contributed by atoms with Gasteiger partial charge in [0.2, 0.25) is 0 Å². The van der Waals surface area contributed by atoms with Crippen LogP contribution in [0.3, 0.4) is 0 Å². The number of benzene rings is 1. The lowest BCUT2D eigenvalue weighted by Gasteiger charge is -2.48. The third-order valence-electron chi connectivity index (χ3n) is 8.92. The highest BCUT2D eigenvalue weighted by molar-refractivity contribution is 5.76. The number of hydrogen-bond acceptors (Lipinski definition) is 14. The summed E-state index contributed by atoms with van der Waals surface area (Å²) in [6, 6.07) is 6.09. The fraction of sp³-hybridized carbons (Fsp3) is 0.771. The van der Waals surface area contributed by atoms with E-state index in [-0.39, 0.29) is 25.4 Å². The summed E-state index contributed by atoms with van der Waals surface area (Å²) in [7, 11) is 1.42. The minimum absolute atomic E-state index is 0.0257. The van der Waals surface area contributed by atoms with Gasteiger partial charge in [-0.2, -0.15) is 0 Å². The summed E-state index contributed by atoms with van der Waals surface area (Å²) in [6.07, 6.45) is -12.5. The summed E-state index contributed by atoms with van der Waals surface area (Å²) in [4.78, 5) is 25.4. The number of phenolic OH excluding ortho intramolecular Hbond substituents is 1. The molecule has 0 amide bonds. The molecule has 2 heterocycles. The van der Waals surface area contributed by atoms with Crippen LogP contribution in [0.2, 0.25) is 0 Å². The normalized spacial score (nSPS) is 31.7. The minimum atomic E-state index is -1.58. The molecule has 2 saturated heterocycles. The molecule has 0 saturated carbocycles. The monoisotopic (exact) mass is 700 g/mol. The lowest BCUT2D eigenvalue weighted by atomic mass is 9.86. The van der Waals surface area contributed by atoms with Gasteiger partial charge < -0.3 is 63.5 Å². The van der Waals surface area contributed by atoms with Crippen molar-refractivity contribution in [1.29, 1.82) is 0 Å². The highest BCUT2D eigenvalue weighted by Crippen LogP contribution is 2.36. The molecule has 0 bridgehead atoms. The van der Waals surface area contributed by atoms with Crippen molar-refractivity contribution in [3.63, 3.8) is 0 Å². The summed E-state index contributed by atoms with van der Waals surface area (Å²) < 4.78 is 41.2. The first kappa shape index (κ1) is 41.2. The lowest BCUT2D eigenvalue weighted by molar-refractivity contribution is -0.289. The van der Waals surface area contributed by atoms with Crippen LogP contribution in [-0.4, -0.2) is 135 Å². The number of aldehydes is 1. The highest BCUT2D eigenvalue weighted by atomic mass is 16.6. The predicted molar refractivity (Wildman–Crippen MR) is 175 cm³/mol. The number of aliphatic hydroxyl groups is 4. The molecule has 14 nitrogen and oxygen atoms in total. The molecule has 0 spiro atoms. The van der Waals surface area contributed by atoms with Crippen LogP contribution >= 0.6 is 0 Å². The van der Waals surface area contributed by atoms with Gasteiger partial charge in [0.15, 0.2) is 12.4 Å². The Morgan fingerprint density at radius 3 is 1.88 bits per heavy atom. The molecule has 2 fully saturated rings. The van der Waals surface area contributed by atoms with Crippen LogP contribution in [-0.2, 0) is 49.4 Å². The van der Waals surface area contributed by atoms with Crippen LogP contribution in [0.15, 0.2) is 24.3 Å². The molecule has 2 aliphatic rings. The van der Waals surface area contributed by atoms with Crippen molar-refractivity contribution < 1.29 is 68.3 Å². The predicted octanol–water partition coefficient (Wildman–Crippen LogP) is 1.57. The van der Waals surface area contributed by atoms with E-state index >= 15 is 0 Å². The third kappa shape index (κ3) is 10.4. The Balaban J connectivity index is 1.72. The van der Waals surface area contributed by atoms with Crippen molar-refractivity contribution in [1.82, 2.24) is 0 Å². The smallest absolute Gasteiger partial charge is 0.338 e. The Bertz CT molecular complexity index is 1230. The third-order valence-corrected chi connectivity index (χ3v) is 8.92. The molecule has 10 atom stereocenters. The highest BCUT2D eigenvalue weighted by Gasteiger charge is 2.55. The first-order chi connectivity index (χ1) is 22.5. The standard InChI is InChI=1S/C35H56O14/c1-32(2,3)48-26-21(17-36)46-30(24(40)22(26)38)35(8,9)45-16-15-33(4,5)49-27-23(39)25(41)29(34(6,7)43-10)47-28(27)31(42)44-18-19-11-13-20(37)14-12-19/h11-14,17,21-30,37-41H,15-16,18H2,1-10H3/t21?,22?,23?,24?,25?,26-,27+,28?,29?,30?/m1/s1. The number of esters is 1. The number of hydrogen-bond donors (Lipinski definition) is 5. The summed E-state index contributed by atoms with van der Waals surface area (Å²) in [5, 5.41) is 53.8. The zero-order chi connectivity index (χ0) is 37.1. The molecule has 0 aliphatic carbocycles. The zero-order valence-corrected chi connectivity index (χ0v) is 30.2. The zero-order valence-electron chi connectivity index (χ0n) is 30.2. The fourth-order valence-electron chi connectivity index (χ4n) is 5.90. The Morgan fingerprint density at radius 1 is 0.796 bits per heavy atom. The van der Waals surface area contributed by atoms with E-state index in [9.17, 15) is 35.1 Å². The maximum atomic E-state index is 13.4. The number of aliphatic hydroxyl groups excluding tert-OH is 4. The minimum Gasteiger partial charge on any atom is -0.508 e. The van der Waals surface area contributed by atoms with E-state index in [0.29, 0.717) is 11.8 Å². The van der Waals surface area contributed by atoms with E-state index in [4.69, 9.17) is 33.2 Å². The van der Waals surface area contributed by atoms with Crippen LogP contribution in [0.5, 0.6) is 5.75 Å². The molecule has 8 unspecified atom stereocenters. The van der Waals surface area contributed by atoms with Crippen molar-refractivity contribution in [2.24, 2.45) is 0 Å². The van der Waals surface area contributed by atoms with Gasteiger partial charge in [-0.1, -0.05) is 12.1 Å². The van der Waals surface area contributed by atoms with Gasteiger partial charge in [0.1, 0.15) is 67.3 Å². The Hall–Kier alpha value is -2.24. The summed E-state index contributed by atoms with van der Waals surface area (Å²) in [5.74, 6) is -0.783. The van der Waals surface area contributed by atoms with Crippen molar-refractivity contribution >= 4 is 12.3 Å². The number of phenols is 1. The van der Waals surface area contributed by atoms with Crippen LogP contribution in [0.4, 0.5) is 0 Å². The second-order valence-electron chi connectivity index (χ2n) is 15.4. The van der Waals surface area contributed by atoms with Crippen LogP contribution in [0.1, 0.15) is 74.3 Å². The topological polar surface area (TPSA) is 200 Å². The number of aromatic hydroxyl groups is 1. The van der Waals surface area contributed by atoms with Crippen molar-refractivity contribution in [2.75, 3.05) is 13.7 Å². The SMILES string of the molecule is COC(C)(C)C1OC(C(=O)OCc2ccc(O)cc2)[C@@H](OC(C)(C)CCOC(C)(C)C2OC(C=O)[C@@H](OC(C)(C)C)C(O)C2O)C(O)C1O. The van der Waals surface area contributed by atoms with Gasteiger partial charge in [0.05, 0.1) is 29.0 Å². The fourth-order valence-corrected chi connectivity index (χ4v) is 5.90. The summed E-state index contributed by atoms with van der Waals surface area (Å²) in [5.41, 5.74) is -3.49. The van der Waals surface area contributed by atoms with E-state index in [2.05, 4.69) is 0 Å². The average Bonchev–Trinajstić information content (AvgIpc) is 3.00. The first-order valence-electron chi connectivity index (χ1n) is 16.5. The van der Waals surface area contributed by atoms with E-state index < -0.39 is 89.4 Å². The van der Waals surface area contributed by atoms with Crippen LogP contribution < -0.4 is 0 Å². The van der Waals surface area contributed by atoms with Gasteiger partial charge in [-0.05, 0) is 86.4 Å². The number of carbonyl (C=O) groups is 2. The molecule has 280 valence electrons. The van der Waals surface area contributed by atoms with Gasteiger partial charge in [-0.3, -0.25) is 0 Å². The van der Waals surface area contributed by atoms with Crippen LogP contribution in [0, 0.1) is 0 Å². The molecule has 49 heavy (non-hydrogen) atoms. The number of rotatable bonds is 14. The number of methoxy groups -OCH3 is 1. The van der Waals surface area contributed by atoms with Gasteiger partial charge in [-0.15, -0.1) is 0 Å². The molecular formula is C35H56O14. The molecule has 3 rings (SSSR count). The number of carbonyl (C=O) groups excluding carboxylic acids is 2. The molecule has 5 N–H and O–H groups in total. The first-order valence-corrected chi connectivity index (χ1v) is 16.5. The van der Waals surface area contributed by atoms with Crippen molar-refractivity contribution in [3.8, 4) is 5.75 Å². The van der Waals surface area contributed by atoms with E-state index in [1.165, 1.54) is 19.2 Å². The van der Waals surface area contributed by atoms with Crippen molar-refractivity contribution in [3.05, 3.63) is 29.8 Å². The van der Waals surface area contributed by atoms with Gasteiger partial charge >= 0.3 is 5.97 Å². The molecular weight excluding hydrogens is 644 g/mol. The summed E-state index contributed by atoms with van der Waals surface area (Å²) >= 11 is 0. The van der Waals surface area contributed by atoms with E-state index in [1.807, 2.05) is 0 Å². The number of ether oxygens (including phenoxy) is 7. The van der Waals surface area contributed by atoms with Gasteiger partial charge in [0.25, 0.3) is 0 Å². The van der Waals surface area contributed by atoms with Gasteiger partial charge in [0, 0.05) is 7.11 Å². The second kappa shape index (κ2) is 16.0. The molecule has 1 aromatic rings. The average molecular weight is 701 g/mol. The maximum Gasteiger partial charge on any atom is 0.338 e. The molecule has 14 heteroatoms. The molecule has 1 aromatic carbocycles. The summed E-state index contributed by atoms with van der Waals surface area (Å²) in [6.45, 7) is 15.2. The van der Waals surface area contributed by atoms with Crippen molar-refractivity contribution in [2.45, 2.75) is 159 Å². The quantitative estimate of drug-likeness (QED) is 0.138. The maximum absolute atomic E-state index is 13.4. The Labute approximate surface area is 288 Å². The van der Waals surface area contributed by atoms with Crippen LogP contribution in [0.25, 0.3) is 0 Å². The second-order valence-corrected chi connectivity index (χ2v) is 15.4. The molecule has 2 aliphatic heterocycles. The largest absolute Gasteiger partial charge is 0.508 e. The Morgan fingerprint density at radius 2 is 1.35 bits per heavy atom. The van der Waals surface area contributed by atoms with E-state index in [1.54, 1.807) is 74.4 Å². The Kier molecular flexibility index (Phi) is 13.4. The molecule has 0 radical (unpaired) electrons. The lowest BCUT2D eigenvalue weighted by Crippen LogP contribution is -2.66. The molecule has 0 aromatic heterocycles. The van der Waals surface area contributed by atoms with Gasteiger partial charge in [-0.25, -0.2) is 4.79 Å². The van der Waals surface area contributed by atoms with E-state index in [0.717, 1.165) is 0 Å².